The highest BCUT2D eigenvalue weighted by Gasteiger charge is 2.21. The fourth-order valence-corrected chi connectivity index (χ4v) is 3.54. The predicted molar refractivity (Wildman–Crippen MR) is 83.6 cm³/mol. The third-order valence-corrected chi connectivity index (χ3v) is 5.05. The molecule has 0 amide bonds. The molecule has 0 unspecified atom stereocenters. The zero-order valence-corrected chi connectivity index (χ0v) is 13.9. The van der Waals surface area contributed by atoms with E-state index in [-0.39, 0.29) is 16.0 Å². The van der Waals surface area contributed by atoms with Crippen molar-refractivity contribution < 1.29 is 28.3 Å². The average molecular weight is 364 g/mol. The lowest BCUT2D eigenvalue weighted by Crippen LogP contribution is -2.24. The van der Waals surface area contributed by atoms with Crippen molar-refractivity contribution in [1.29, 1.82) is 0 Å². The van der Waals surface area contributed by atoms with Crippen LogP contribution in [0.15, 0.2) is 35.2 Å². The van der Waals surface area contributed by atoms with Crippen LogP contribution >= 0.6 is 0 Å². The maximum atomic E-state index is 12.5. The molecule has 0 aliphatic heterocycles. The second kappa shape index (κ2) is 6.40. The maximum Gasteiger partial charge on any atom is 0.271 e. The quantitative estimate of drug-likeness (QED) is 0.597. The first kappa shape index (κ1) is 18.2. The molecule has 25 heavy (non-hydrogen) atoms. The van der Waals surface area contributed by atoms with Crippen molar-refractivity contribution in [1.82, 2.24) is 0 Å². The SMILES string of the molecule is Cc1cc(C(=O)[O-])cc(S(=O)(=O)Nc2cc([N+](=O)[O-])ccc2[O-])c1C. The molecular weight excluding hydrogens is 352 g/mol. The van der Waals surface area contributed by atoms with Gasteiger partial charge in [0.15, 0.2) is 0 Å². The molecule has 0 saturated heterocycles. The number of aromatic carboxylic acids is 1. The number of carboxylic acid groups (broad SMARTS) is 1. The highest BCUT2D eigenvalue weighted by atomic mass is 32.2. The average Bonchev–Trinajstić information content (AvgIpc) is 2.51. The van der Waals surface area contributed by atoms with Gasteiger partial charge < -0.3 is 15.0 Å². The number of carbonyl (C=O) groups is 1. The number of nitro groups is 1. The van der Waals surface area contributed by atoms with Crippen molar-refractivity contribution in [3.8, 4) is 5.75 Å². The minimum absolute atomic E-state index is 0.273. The van der Waals surface area contributed by atoms with Crippen molar-refractivity contribution in [3.63, 3.8) is 0 Å². The Morgan fingerprint density at radius 3 is 2.36 bits per heavy atom. The first-order valence-corrected chi connectivity index (χ1v) is 8.32. The van der Waals surface area contributed by atoms with Gasteiger partial charge in [-0.1, -0.05) is 11.8 Å². The Morgan fingerprint density at radius 2 is 1.80 bits per heavy atom. The van der Waals surface area contributed by atoms with Gasteiger partial charge in [0.2, 0.25) is 0 Å². The van der Waals surface area contributed by atoms with Gasteiger partial charge in [-0.05, 0) is 42.7 Å². The number of nitrogens with zero attached hydrogens (tertiary/aromatic N) is 1. The highest BCUT2D eigenvalue weighted by Crippen LogP contribution is 2.29. The van der Waals surface area contributed by atoms with Gasteiger partial charge in [-0.2, -0.15) is 0 Å². The summed E-state index contributed by atoms with van der Waals surface area (Å²) >= 11 is 0. The second-order valence-electron chi connectivity index (χ2n) is 5.25. The number of aryl methyl sites for hydroxylation is 1. The smallest absolute Gasteiger partial charge is 0.271 e. The number of hydrogen-bond donors (Lipinski definition) is 1. The molecule has 0 radical (unpaired) electrons. The lowest BCUT2D eigenvalue weighted by Gasteiger charge is -2.18. The van der Waals surface area contributed by atoms with Crippen molar-refractivity contribution in [2.75, 3.05) is 4.72 Å². The first-order valence-electron chi connectivity index (χ1n) is 6.84. The van der Waals surface area contributed by atoms with E-state index in [0.29, 0.717) is 5.56 Å². The van der Waals surface area contributed by atoms with Crippen LogP contribution in [0.3, 0.4) is 0 Å². The number of hydrogen-bond acceptors (Lipinski definition) is 7. The number of benzene rings is 2. The van der Waals surface area contributed by atoms with Crippen LogP contribution in [-0.2, 0) is 10.0 Å². The monoisotopic (exact) mass is 364 g/mol. The summed E-state index contributed by atoms with van der Waals surface area (Å²) in [6.07, 6.45) is 0. The third-order valence-electron chi connectivity index (χ3n) is 3.56. The van der Waals surface area contributed by atoms with Gasteiger partial charge in [0, 0.05) is 17.8 Å². The molecule has 10 heteroatoms. The minimum Gasteiger partial charge on any atom is -0.871 e. The molecule has 0 fully saturated rings. The lowest BCUT2D eigenvalue weighted by atomic mass is 10.1. The van der Waals surface area contributed by atoms with Crippen molar-refractivity contribution in [2.24, 2.45) is 0 Å². The number of nitro benzene ring substituents is 1. The van der Waals surface area contributed by atoms with Crippen molar-refractivity contribution in [2.45, 2.75) is 18.7 Å². The second-order valence-corrected chi connectivity index (χ2v) is 6.90. The highest BCUT2D eigenvalue weighted by molar-refractivity contribution is 7.92. The van der Waals surface area contributed by atoms with E-state index in [1.807, 2.05) is 4.72 Å². The molecule has 0 heterocycles. The summed E-state index contributed by atoms with van der Waals surface area (Å²) in [4.78, 5) is 20.7. The molecule has 0 bridgehead atoms. The molecule has 2 rings (SSSR count). The Bertz CT molecular complexity index is 984. The van der Waals surface area contributed by atoms with E-state index in [4.69, 9.17) is 0 Å². The number of anilines is 1. The van der Waals surface area contributed by atoms with E-state index in [0.717, 1.165) is 24.3 Å². The van der Waals surface area contributed by atoms with E-state index in [1.165, 1.54) is 19.9 Å². The number of nitrogens with one attached hydrogen (secondary N) is 1. The maximum absolute atomic E-state index is 12.5. The Morgan fingerprint density at radius 1 is 1.16 bits per heavy atom. The van der Waals surface area contributed by atoms with Crippen LogP contribution < -0.4 is 14.9 Å². The van der Waals surface area contributed by atoms with Gasteiger partial charge >= 0.3 is 0 Å². The fourth-order valence-electron chi connectivity index (χ4n) is 2.13. The van der Waals surface area contributed by atoms with Gasteiger partial charge in [-0.3, -0.25) is 14.8 Å². The van der Waals surface area contributed by atoms with Crippen molar-refractivity contribution in [3.05, 3.63) is 57.1 Å². The summed E-state index contributed by atoms with van der Waals surface area (Å²) in [5, 5.41) is 33.6. The topological polar surface area (TPSA) is 152 Å². The van der Waals surface area contributed by atoms with Crippen LogP contribution in [0.1, 0.15) is 21.5 Å². The van der Waals surface area contributed by atoms with E-state index in [2.05, 4.69) is 0 Å². The van der Waals surface area contributed by atoms with Crippen LogP contribution in [0.2, 0.25) is 0 Å². The van der Waals surface area contributed by atoms with Crippen LogP contribution in [0.5, 0.6) is 5.75 Å². The number of non-ortho nitro benzene ring substituents is 1. The molecular formula is C15H12N2O7S-2. The Balaban J connectivity index is 2.56. The Kier molecular flexibility index (Phi) is 4.66. The summed E-state index contributed by atoms with van der Waals surface area (Å²) < 4.78 is 27.1. The summed E-state index contributed by atoms with van der Waals surface area (Å²) in [5.74, 6) is -2.32. The standard InChI is InChI=1S/C15H14N2O7S/c1-8-5-10(15(19)20)6-14(9(8)2)25(23,24)16-12-7-11(17(21)22)3-4-13(12)18/h3-7,16,18H,1-2H3,(H,19,20)/p-2. The van der Waals surface area contributed by atoms with Crippen LogP contribution in [0.4, 0.5) is 11.4 Å². The number of sulfonamides is 1. The van der Waals surface area contributed by atoms with Crippen molar-refractivity contribution >= 4 is 27.4 Å². The van der Waals surface area contributed by atoms with Gasteiger partial charge in [-0.25, -0.2) is 8.42 Å². The van der Waals surface area contributed by atoms with E-state index >= 15 is 0 Å². The molecule has 0 spiro atoms. The number of carboxylic acids is 1. The first-order chi connectivity index (χ1) is 11.5. The molecule has 2 aromatic carbocycles. The predicted octanol–water partition coefficient (Wildman–Crippen LogP) is 0.450. The number of carbonyl (C=O) groups excluding carboxylic acids is 1. The summed E-state index contributed by atoms with van der Waals surface area (Å²) in [6, 6.07) is 4.78. The van der Waals surface area contributed by atoms with Gasteiger partial charge in [0.1, 0.15) is 0 Å². The molecule has 0 aromatic heterocycles. The van der Waals surface area contributed by atoms with E-state index in [1.54, 1.807) is 0 Å². The molecule has 2 aromatic rings. The number of rotatable bonds is 5. The van der Waals surface area contributed by atoms with Gasteiger partial charge in [-0.15, -0.1) is 0 Å². The Labute approximate surface area is 142 Å². The van der Waals surface area contributed by atoms with Crippen LogP contribution in [0, 0.1) is 24.0 Å². The molecule has 0 aliphatic rings. The molecule has 1 N–H and O–H groups in total. The van der Waals surface area contributed by atoms with E-state index < -0.39 is 38.0 Å². The molecule has 0 saturated carbocycles. The third kappa shape index (κ3) is 3.69. The van der Waals surface area contributed by atoms with Crippen LogP contribution in [0.25, 0.3) is 0 Å². The minimum atomic E-state index is -4.35. The normalized spacial score (nSPS) is 11.1. The van der Waals surface area contributed by atoms with E-state index in [9.17, 15) is 33.5 Å². The largest absolute Gasteiger partial charge is 0.871 e. The molecule has 0 atom stereocenters. The Hall–Kier alpha value is -3.14. The summed E-state index contributed by atoms with van der Waals surface area (Å²) in [7, 11) is -4.35. The zero-order valence-electron chi connectivity index (χ0n) is 13.1. The lowest BCUT2D eigenvalue weighted by molar-refractivity contribution is -0.385. The van der Waals surface area contributed by atoms with Gasteiger partial charge in [0.25, 0.3) is 15.7 Å². The molecule has 9 nitrogen and oxygen atoms in total. The zero-order chi connectivity index (χ0) is 18.9. The fraction of sp³-hybridized carbons (Fsp3) is 0.133. The molecule has 132 valence electrons. The summed E-state index contributed by atoms with van der Waals surface area (Å²) in [6.45, 7) is 2.99. The van der Waals surface area contributed by atoms with Crippen LogP contribution in [-0.4, -0.2) is 19.3 Å². The molecule has 0 aliphatic carbocycles. The van der Waals surface area contributed by atoms with Gasteiger partial charge in [0.05, 0.1) is 15.8 Å². The summed E-state index contributed by atoms with van der Waals surface area (Å²) in [5.41, 5.74) is -0.650.